The van der Waals surface area contributed by atoms with Gasteiger partial charge in [-0.25, -0.2) is 9.78 Å². The summed E-state index contributed by atoms with van der Waals surface area (Å²) < 4.78 is 1.33. The van der Waals surface area contributed by atoms with Crippen LogP contribution in [0.5, 0.6) is 0 Å². The summed E-state index contributed by atoms with van der Waals surface area (Å²) in [5.41, 5.74) is 5.92. The van der Waals surface area contributed by atoms with Crippen LogP contribution >= 0.6 is 11.8 Å². The number of thioether (sulfide) groups is 1. The van der Waals surface area contributed by atoms with Crippen LogP contribution in [0.15, 0.2) is 51.0 Å². The molecule has 0 saturated heterocycles. The second-order valence-electron chi connectivity index (χ2n) is 8.03. The normalized spacial score (nSPS) is 11.2. The van der Waals surface area contributed by atoms with Crippen LogP contribution in [0.25, 0.3) is 10.9 Å². The summed E-state index contributed by atoms with van der Waals surface area (Å²) >= 11 is 1.31. The molecule has 2 aromatic heterocycles. The Kier molecular flexibility index (Phi) is 7.74. The predicted molar refractivity (Wildman–Crippen MR) is 130 cm³/mol. The van der Waals surface area contributed by atoms with Crippen LogP contribution in [0.1, 0.15) is 33.6 Å². The first-order valence-corrected chi connectivity index (χ1v) is 11.7. The van der Waals surface area contributed by atoms with Gasteiger partial charge in [-0.15, -0.1) is 0 Å². The number of carbonyl (C=O) groups excluding carboxylic acids is 1. The van der Waals surface area contributed by atoms with E-state index in [-0.39, 0.29) is 29.1 Å². The number of nitrogen functional groups attached to an aromatic ring is 1. The molecule has 2 heterocycles. The molecule has 0 saturated carbocycles. The van der Waals surface area contributed by atoms with Gasteiger partial charge in [-0.3, -0.25) is 19.1 Å². The van der Waals surface area contributed by atoms with Crippen LogP contribution < -0.4 is 21.9 Å². The lowest BCUT2D eigenvalue weighted by Crippen LogP contribution is -2.42. The summed E-state index contributed by atoms with van der Waals surface area (Å²) in [5, 5.41) is 1.75. The number of nitrogens with one attached hydrogen (secondary N) is 1. The van der Waals surface area contributed by atoms with E-state index in [9.17, 15) is 14.4 Å². The zero-order valence-electron chi connectivity index (χ0n) is 18.6. The van der Waals surface area contributed by atoms with Gasteiger partial charge in [0.1, 0.15) is 5.82 Å². The van der Waals surface area contributed by atoms with Crippen molar-refractivity contribution in [1.82, 2.24) is 14.5 Å². The third-order valence-electron chi connectivity index (χ3n) is 4.98. The van der Waals surface area contributed by atoms with Crippen molar-refractivity contribution in [2.45, 2.75) is 45.2 Å². The average molecular weight is 456 g/mol. The summed E-state index contributed by atoms with van der Waals surface area (Å²) in [5.74, 6) is -0.00351. The number of unbranched alkanes of at least 4 members (excludes halogenated alkanes) is 1. The summed E-state index contributed by atoms with van der Waals surface area (Å²) in [6, 6.07) is 11.6. The molecule has 1 amide bonds. The highest BCUT2D eigenvalue weighted by molar-refractivity contribution is 7.99. The highest BCUT2D eigenvalue weighted by Crippen LogP contribution is 2.23. The number of para-hydroxylation sites is 1. The largest absolute Gasteiger partial charge is 0.383 e. The number of rotatable bonds is 9. The van der Waals surface area contributed by atoms with E-state index < -0.39 is 11.2 Å². The van der Waals surface area contributed by atoms with Crippen LogP contribution in [0.2, 0.25) is 0 Å². The Morgan fingerprint density at radius 2 is 1.97 bits per heavy atom. The Bertz CT molecular complexity index is 1220. The van der Waals surface area contributed by atoms with Crippen LogP contribution in [-0.4, -0.2) is 32.7 Å². The van der Waals surface area contributed by atoms with E-state index in [2.05, 4.69) is 9.97 Å². The minimum atomic E-state index is -0.647. The minimum Gasteiger partial charge on any atom is -0.383 e. The number of nitrogens with two attached hydrogens (primary N) is 1. The second-order valence-corrected chi connectivity index (χ2v) is 9.02. The van der Waals surface area contributed by atoms with Crippen LogP contribution in [-0.2, 0) is 11.3 Å². The maximum absolute atomic E-state index is 13.2. The highest BCUT2D eigenvalue weighted by Gasteiger charge is 2.24. The molecule has 0 aliphatic rings. The van der Waals surface area contributed by atoms with E-state index in [1.807, 2.05) is 57.2 Å². The molecule has 170 valence electrons. The molecular formula is C23H29N5O3S. The molecule has 1 aromatic carbocycles. The Morgan fingerprint density at radius 3 is 2.69 bits per heavy atom. The van der Waals surface area contributed by atoms with E-state index >= 15 is 0 Å². The number of anilines is 2. The lowest BCUT2D eigenvalue weighted by molar-refractivity contribution is -0.116. The molecule has 0 unspecified atom stereocenters. The fourth-order valence-corrected chi connectivity index (χ4v) is 4.16. The molecule has 8 nitrogen and oxygen atoms in total. The molecule has 0 spiro atoms. The van der Waals surface area contributed by atoms with Gasteiger partial charge in [0.2, 0.25) is 5.91 Å². The van der Waals surface area contributed by atoms with E-state index in [0.717, 1.165) is 22.3 Å². The summed E-state index contributed by atoms with van der Waals surface area (Å²) in [4.78, 5) is 46.5. The minimum absolute atomic E-state index is 0.0192. The number of benzene rings is 1. The van der Waals surface area contributed by atoms with Crippen LogP contribution in [0, 0.1) is 5.92 Å². The van der Waals surface area contributed by atoms with Crippen molar-refractivity contribution in [3.05, 3.63) is 57.2 Å². The van der Waals surface area contributed by atoms with E-state index in [1.165, 1.54) is 21.2 Å². The zero-order chi connectivity index (χ0) is 23.3. The number of H-pyrrole nitrogens is 1. The number of carbonyl (C=O) groups is 1. The third-order valence-corrected chi connectivity index (χ3v) is 5.90. The molecular weight excluding hydrogens is 426 g/mol. The van der Waals surface area contributed by atoms with Crippen molar-refractivity contribution < 1.29 is 4.79 Å². The van der Waals surface area contributed by atoms with E-state index in [1.54, 1.807) is 0 Å². The molecule has 3 N–H and O–H groups in total. The Morgan fingerprint density at radius 1 is 1.22 bits per heavy atom. The van der Waals surface area contributed by atoms with Gasteiger partial charge in [0.05, 0.1) is 16.3 Å². The Hall–Kier alpha value is -3.07. The van der Waals surface area contributed by atoms with Gasteiger partial charge in [0, 0.05) is 18.5 Å². The van der Waals surface area contributed by atoms with Gasteiger partial charge in [-0.1, -0.05) is 63.2 Å². The Labute approximate surface area is 190 Å². The molecule has 9 heteroatoms. The molecule has 3 rings (SSSR count). The lowest BCUT2D eigenvalue weighted by atomic mass is 10.2. The average Bonchev–Trinajstić information content (AvgIpc) is 2.76. The van der Waals surface area contributed by atoms with Crippen molar-refractivity contribution in [3.63, 3.8) is 0 Å². The molecule has 0 bridgehead atoms. The Balaban J connectivity index is 1.89. The quantitative estimate of drug-likeness (QED) is 0.479. The fraction of sp³-hybridized carbons (Fsp3) is 0.391. The van der Waals surface area contributed by atoms with Crippen LogP contribution in [0.4, 0.5) is 11.5 Å². The van der Waals surface area contributed by atoms with Gasteiger partial charge >= 0.3 is 5.69 Å². The first kappa shape index (κ1) is 23.6. The van der Waals surface area contributed by atoms with Gasteiger partial charge in [0.15, 0.2) is 5.69 Å². The maximum Gasteiger partial charge on any atom is 0.330 e. The van der Waals surface area contributed by atoms with E-state index in [4.69, 9.17) is 5.73 Å². The number of fused-ring (bicyclic) bond motifs is 1. The molecule has 32 heavy (non-hydrogen) atoms. The number of hydrogen-bond donors (Lipinski definition) is 2. The third kappa shape index (κ3) is 5.40. The van der Waals surface area contributed by atoms with Crippen molar-refractivity contribution in [2.24, 2.45) is 5.92 Å². The molecule has 0 atom stereocenters. The summed E-state index contributed by atoms with van der Waals surface area (Å²) in [6.45, 7) is 6.59. The topological polar surface area (TPSA) is 114 Å². The van der Waals surface area contributed by atoms with Gasteiger partial charge in [-0.05, 0) is 24.5 Å². The number of pyridine rings is 1. The SMILES string of the molecule is CCCCN(C(=O)CSc1ccc2ccccc2n1)c1c(N)n(CC(C)C)c(=O)[nH]c1=O. The van der Waals surface area contributed by atoms with Crippen molar-refractivity contribution in [1.29, 1.82) is 0 Å². The molecule has 3 aromatic rings. The maximum atomic E-state index is 13.2. The number of nitrogens with zero attached hydrogens (tertiary/aromatic N) is 3. The van der Waals surface area contributed by atoms with Crippen molar-refractivity contribution in [3.8, 4) is 0 Å². The fourth-order valence-electron chi connectivity index (χ4n) is 3.40. The smallest absolute Gasteiger partial charge is 0.330 e. The van der Waals surface area contributed by atoms with E-state index in [0.29, 0.717) is 19.5 Å². The van der Waals surface area contributed by atoms with Crippen molar-refractivity contribution in [2.75, 3.05) is 22.9 Å². The van der Waals surface area contributed by atoms with Crippen LogP contribution in [0.3, 0.4) is 0 Å². The summed E-state index contributed by atoms with van der Waals surface area (Å²) in [7, 11) is 0. The monoisotopic (exact) mass is 455 g/mol. The van der Waals surface area contributed by atoms with Gasteiger partial charge < -0.3 is 10.6 Å². The highest BCUT2D eigenvalue weighted by atomic mass is 32.2. The predicted octanol–water partition coefficient (Wildman–Crippen LogP) is 3.25. The first-order valence-electron chi connectivity index (χ1n) is 10.7. The molecule has 0 aliphatic heterocycles. The second kappa shape index (κ2) is 10.5. The van der Waals surface area contributed by atoms with Gasteiger partial charge in [-0.2, -0.15) is 0 Å². The first-order chi connectivity index (χ1) is 15.3. The molecule has 0 aliphatic carbocycles. The number of amides is 1. The van der Waals surface area contributed by atoms with Gasteiger partial charge in [0.25, 0.3) is 5.56 Å². The number of aromatic nitrogens is 3. The molecule has 0 fully saturated rings. The standard InChI is InChI=1S/C23H29N5O3S/c1-4-5-12-27(20-21(24)28(13-15(2)3)23(31)26-22(20)30)19(29)14-32-18-11-10-16-8-6-7-9-17(16)25-18/h6-11,15H,4-5,12-14,24H2,1-3H3,(H,26,30,31). The summed E-state index contributed by atoms with van der Waals surface area (Å²) in [6.07, 6.45) is 1.54. The zero-order valence-corrected chi connectivity index (χ0v) is 19.4. The lowest BCUT2D eigenvalue weighted by Gasteiger charge is -2.24. The van der Waals surface area contributed by atoms with Crippen molar-refractivity contribution >= 4 is 40.1 Å². The number of aromatic amines is 1. The number of hydrogen-bond acceptors (Lipinski definition) is 6. The molecule has 0 radical (unpaired) electrons.